The highest BCUT2D eigenvalue weighted by Crippen LogP contribution is 2.22. The number of amides is 1. The molecule has 0 fully saturated rings. The average Bonchev–Trinajstić information content (AvgIpc) is 2.83. The molecule has 0 aliphatic rings. The molecule has 20 heavy (non-hydrogen) atoms. The van der Waals surface area contributed by atoms with Crippen molar-refractivity contribution < 1.29 is 4.79 Å². The lowest BCUT2D eigenvalue weighted by Gasteiger charge is -2.06. The van der Waals surface area contributed by atoms with Gasteiger partial charge in [0.25, 0.3) is 5.91 Å². The lowest BCUT2D eigenvalue weighted by atomic mass is 10.1. The number of aryl methyl sites for hydroxylation is 1. The molecule has 0 saturated heterocycles. The first-order valence-electron chi connectivity index (χ1n) is 6.03. The van der Waals surface area contributed by atoms with Crippen molar-refractivity contribution in [2.75, 3.05) is 6.54 Å². The van der Waals surface area contributed by atoms with Crippen LogP contribution in [0.2, 0.25) is 10.0 Å². The van der Waals surface area contributed by atoms with Gasteiger partial charge in [-0.25, -0.2) is 0 Å². The number of rotatable bonds is 5. The largest absolute Gasteiger partial charge is 0.351 e. The van der Waals surface area contributed by atoms with Crippen molar-refractivity contribution in [3.05, 3.63) is 53.7 Å². The molecule has 2 aromatic rings. The minimum Gasteiger partial charge on any atom is -0.351 e. The van der Waals surface area contributed by atoms with E-state index in [1.807, 2.05) is 23.6 Å². The number of nitrogens with one attached hydrogen (secondary N) is 1. The molecule has 1 N–H and O–H groups in total. The zero-order valence-electron chi connectivity index (χ0n) is 10.5. The minimum atomic E-state index is -0.00777. The van der Waals surface area contributed by atoms with Gasteiger partial charge in [-0.3, -0.25) is 4.79 Å². The zero-order chi connectivity index (χ0) is 14.5. The van der Waals surface area contributed by atoms with Gasteiger partial charge in [-0.05, 0) is 64.6 Å². The molecule has 1 aromatic carbocycles. The summed E-state index contributed by atoms with van der Waals surface area (Å²) in [6, 6.07) is 7.43. The van der Waals surface area contributed by atoms with Crippen LogP contribution < -0.4 is 5.32 Å². The van der Waals surface area contributed by atoms with Crippen LogP contribution in [0.5, 0.6) is 0 Å². The molecule has 0 spiro atoms. The van der Waals surface area contributed by atoms with Crippen LogP contribution in [0.3, 0.4) is 0 Å². The Morgan fingerprint density at radius 3 is 2.75 bits per heavy atom. The van der Waals surface area contributed by atoms with E-state index in [9.17, 15) is 4.79 Å². The molecular formula is C14H12Cl2INOS. The Hall–Kier alpha value is -0.300. The van der Waals surface area contributed by atoms with Crippen molar-refractivity contribution in [3.8, 4) is 0 Å². The summed E-state index contributed by atoms with van der Waals surface area (Å²) in [6.45, 7) is 0.631. The number of hydrogen-bond donors (Lipinski definition) is 1. The predicted molar refractivity (Wildman–Crippen MR) is 94.2 cm³/mol. The van der Waals surface area contributed by atoms with Crippen LogP contribution in [-0.2, 0) is 6.42 Å². The molecule has 1 heterocycles. The molecule has 6 heteroatoms. The van der Waals surface area contributed by atoms with Gasteiger partial charge in [-0.1, -0.05) is 29.3 Å². The molecular weight excluding hydrogens is 428 g/mol. The molecule has 1 amide bonds. The van der Waals surface area contributed by atoms with Crippen LogP contribution in [0, 0.1) is 3.57 Å². The van der Waals surface area contributed by atoms with E-state index in [2.05, 4.69) is 27.9 Å². The maximum Gasteiger partial charge on any atom is 0.262 e. The lowest BCUT2D eigenvalue weighted by Crippen LogP contribution is -2.24. The van der Waals surface area contributed by atoms with E-state index in [0.29, 0.717) is 16.6 Å². The Balaban J connectivity index is 1.79. The van der Waals surface area contributed by atoms with Gasteiger partial charge < -0.3 is 5.32 Å². The highest BCUT2D eigenvalue weighted by molar-refractivity contribution is 14.1. The smallest absolute Gasteiger partial charge is 0.262 e. The normalized spacial score (nSPS) is 10.6. The van der Waals surface area contributed by atoms with Gasteiger partial charge in [0.05, 0.1) is 0 Å². The quantitative estimate of drug-likeness (QED) is 0.514. The molecule has 0 saturated carbocycles. The van der Waals surface area contributed by atoms with Gasteiger partial charge in [0, 0.05) is 20.2 Å². The van der Waals surface area contributed by atoms with Crippen molar-refractivity contribution in [1.82, 2.24) is 5.32 Å². The van der Waals surface area contributed by atoms with E-state index < -0.39 is 0 Å². The minimum absolute atomic E-state index is 0.00777. The highest BCUT2D eigenvalue weighted by Gasteiger charge is 2.10. The van der Waals surface area contributed by atoms with Crippen LogP contribution in [0.1, 0.15) is 21.7 Å². The molecule has 0 aliphatic heterocycles. The van der Waals surface area contributed by atoms with Gasteiger partial charge in [0.15, 0.2) is 0 Å². The summed E-state index contributed by atoms with van der Waals surface area (Å²) in [5.74, 6) is -0.00777. The zero-order valence-corrected chi connectivity index (χ0v) is 14.9. The second-order valence-electron chi connectivity index (χ2n) is 4.19. The van der Waals surface area contributed by atoms with Crippen LogP contribution in [0.25, 0.3) is 0 Å². The van der Waals surface area contributed by atoms with E-state index in [-0.39, 0.29) is 5.91 Å². The van der Waals surface area contributed by atoms with Crippen LogP contribution in [-0.4, -0.2) is 12.5 Å². The number of carbonyl (C=O) groups is 1. The number of carbonyl (C=O) groups excluding carboxylic acids is 1. The maximum atomic E-state index is 11.9. The predicted octanol–water partition coefficient (Wildman–Crippen LogP) is 5.02. The average molecular weight is 440 g/mol. The van der Waals surface area contributed by atoms with Gasteiger partial charge >= 0.3 is 0 Å². The van der Waals surface area contributed by atoms with Crippen molar-refractivity contribution in [1.29, 1.82) is 0 Å². The molecule has 106 valence electrons. The van der Waals surface area contributed by atoms with Crippen molar-refractivity contribution >= 4 is 63.0 Å². The first-order chi connectivity index (χ1) is 9.58. The summed E-state index contributed by atoms with van der Waals surface area (Å²) >= 11 is 15.6. The molecule has 0 bridgehead atoms. The summed E-state index contributed by atoms with van der Waals surface area (Å²) in [4.78, 5) is 12.7. The maximum absolute atomic E-state index is 11.9. The van der Waals surface area contributed by atoms with Crippen molar-refractivity contribution in [2.45, 2.75) is 12.8 Å². The SMILES string of the molecule is O=C(NCCCc1ccc(Cl)cc1Cl)c1sccc1I. The first-order valence-corrected chi connectivity index (χ1v) is 8.74. The molecule has 1 aromatic heterocycles. The van der Waals surface area contributed by atoms with Crippen molar-refractivity contribution in [2.24, 2.45) is 0 Å². The molecule has 0 radical (unpaired) electrons. The fraction of sp³-hybridized carbons (Fsp3) is 0.214. The lowest BCUT2D eigenvalue weighted by molar-refractivity contribution is 0.0956. The fourth-order valence-corrected chi connectivity index (χ4v) is 3.99. The van der Waals surface area contributed by atoms with E-state index in [1.54, 1.807) is 6.07 Å². The monoisotopic (exact) mass is 439 g/mol. The number of benzene rings is 1. The topological polar surface area (TPSA) is 29.1 Å². The molecule has 0 aliphatic carbocycles. The Kier molecular flexibility index (Phi) is 6.14. The summed E-state index contributed by atoms with van der Waals surface area (Å²) in [7, 11) is 0. The van der Waals surface area contributed by atoms with Gasteiger partial charge in [-0.15, -0.1) is 11.3 Å². The standard InChI is InChI=1S/C14H12Cl2INOS/c15-10-4-3-9(11(16)8-10)2-1-6-18-14(19)13-12(17)5-7-20-13/h3-5,7-8H,1-2,6H2,(H,18,19). The number of thiophene rings is 1. The van der Waals surface area contributed by atoms with E-state index in [0.717, 1.165) is 26.9 Å². The highest BCUT2D eigenvalue weighted by atomic mass is 127. The van der Waals surface area contributed by atoms with Crippen molar-refractivity contribution in [3.63, 3.8) is 0 Å². The summed E-state index contributed by atoms with van der Waals surface area (Å²) in [6.07, 6.45) is 1.66. The second-order valence-corrected chi connectivity index (χ2v) is 7.11. The van der Waals surface area contributed by atoms with E-state index >= 15 is 0 Å². The van der Waals surface area contributed by atoms with E-state index in [1.165, 1.54) is 11.3 Å². The second kappa shape index (κ2) is 7.64. The first kappa shape index (κ1) is 16.1. The Bertz CT molecular complexity index is 615. The van der Waals surface area contributed by atoms with Crippen LogP contribution in [0.15, 0.2) is 29.6 Å². The molecule has 0 unspecified atom stereocenters. The molecule has 2 rings (SSSR count). The molecule has 0 atom stereocenters. The third-order valence-corrected chi connectivity index (χ3v) is 5.51. The van der Waals surface area contributed by atoms with Crippen LogP contribution in [0.4, 0.5) is 0 Å². The van der Waals surface area contributed by atoms with Gasteiger partial charge in [0.1, 0.15) is 4.88 Å². The fourth-order valence-electron chi connectivity index (χ4n) is 1.74. The summed E-state index contributed by atoms with van der Waals surface area (Å²) < 4.78 is 0.992. The molecule has 2 nitrogen and oxygen atoms in total. The third kappa shape index (κ3) is 4.35. The summed E-state index contributed by atoms with van der Waals surface area (Å²) in [5.41, 5.74) is 1.05. The Labute approximate surface area is 145 Å². The Morgan fingerprint density at radius 1 is 1.30 bits per heavy atom. The summed E-state index contributed by atoms with van der Waals surface area (Å²) in [5, 5.41) is 6.16. The van der Waals surface area contributed by atoms with Gasteiger partial charge in [0.2, 0.25) is 0 Å². The van der Waals surface area contributed by atoms with E-state index in [4.69, 9.17) is 23.2 Å². The van der Waals surface area contributed by atoms with Crippen LogP contribution >= 0.6 is 57.1 Å². The number of hydrogen-bond acceptors (Lipinski definition) is 2. The third-order valence-electron chi connectivity index (χ3n) is 2.75. The Morgan fingerprint density at radius 2 is 2.10 bits per heavy atom. The number of halogens is 3. The van der Waals surface area contributed by atoms with Gasteiger partial charge in [-0.2, -0.15) is 0 Å².